The molecule has 0 atom stereocenters. The summed E-state index contributed by atoms with van der Waals surface area (Å²) in [6.45, 7) is 9.66. The Bertz CT molecular complexity index is 262. The summed E-state index contributed by atoms with van der Waals surface area (Å²) in [5.41, 5.74) is 0. The largest absolute Gasteiger partial charge is 0.380 e. The van der Waals surface area contributed by atoms with E-state index in [0.717, 1.165) is 19.4 Å². The van der Waals surface area contributed by atoms with Gasteiger partial charge in [0, 0.05) is 25.3 Å². The number of hydrogen-bond donors (Lipinski definition) is 1. The molecule has 112 valence electrons. The molecule has 0 radical (unpaired) electrons. The van der Waals surface area contributed by atoms with E-state index < -0.39 is 0 Å². The quantitative estimate of drug-likeness (QED) is 0.588. The van der Waals surface area contributed by atoms with E-state index in [0.29, 0.717) is 32.0 Å². The van der Waals surface area contributed by atoms with E-state index in [4.69, 9.17) is 4.74 Å². The summed E-state index contributed by atoms with van der Waals surface area (Å²) in [6, 6.07) is 0. The van der Waals surface area contributed by atoms with E-state index in [1.54, 1.807) is 0 Å². The average molecular weight is 271 g/mol. The maximum absolute atomic E-state index is 11.4. The Morgan fingerprint density at radius 1 is 1.05 bits per heavy atom. The zero-order valence-corrected chi connectivity index (χ0v) is 12.8. The smallest absolute Gasteiger partial charge is 0.222 e. The summed E-state index contributed by atoms with van der Waals surface area (Å²) in [6.07, 6.45) is 2.96. The number of rotatable bonds is 11. The second-order valence-corrected chi connectivity index (χ2v) is 5.62. The topological polar surface area (TPSA) is 55.4 Å². The van der Waals surface area contributed by atoms with Gasteiger partial charge in [0.1, 0.15) is 5.78 Å². The minimum Gasteiger partial charge on any atom is -0.380 e. The number of carbonyl (C=O) groups excluding carboxylic acids is 2. The Kier molecular flexibility index (Phi) is 10.5. The van der Waals surface area contributed by atoms with Gasteiger partial charge in [-0.1, -0.05) is 27.7 Å². The molecule has 0 aromatic rings. The van der Waals surface area contributed by atoms with Crippen LogP contribution in [0.15, 0.2) is 0 Å². The molecule has 0 aromatic carbocycles. The fourth-order valence-corrected chi connectivity index (χ4v) is 1.55. The molecule has 1 N–H and O–H groups in total. The lowest BCUT2D eigenvalue weighted by molar-refractivity contribution is -0.123. The van der Waals surface area contributed by atoms with E-state index in [-0.39, 0.29) is 17.6 Å². The van der Waals surface area contributed by atoms with Crippen molar-refractivity contribution in [1.29, 1.82) is 0 Å². The third kappa shape index (κ3) is 11.9. The van der Waals surface area contributed by atoms with Gasteiger partial charge in [0.05, 0.1) is 13.2 Å². The highest BCUT2D eigenvalue weighted by atomic mass is 16.5. The standard InChI is InChI=1S/C15H29NO3/c1-12(2)6-5-9-16-15(18)8-11-19-10-7-14(17)13(3)4/h12-13H,5-11H2,1-4H3,(H,16,18). The van der Waals surface area contributed by atoms with Gasteiger partial charge in [0.15, 0.2) is 0 Å². The first-order chi connectivity index (χ1) is 8.93. The SMILES string of the molecule is CC(C)CCCNC(=O)CCOCCC(=O)C(C)C. The number of amides is 1. The van der Waals surface area contributed by atoms with E-state index in [9.17, 15) is 9.59 Å². The minimum atomic E-state index is 0.0268. The van der Waals surface area contributed by atoms with Crippen molar-refractivity contribution in [3.63, 3.8) is 0 Å². The summed E-state index contributed by atoms with van der Waals surface area (Å²) in [5, 5.41) is 2.87. The van der Waals surface area contributed by atoms with Crippen LogP contribution in [0.3, 0.4) is 0 Å². The maximum Gasteiger partial charge on any atom is 0.222 e. The number of ketones is 1. The molecule has 0 saturated carbocycles. The first-order valence-corrected chi connectivity index (χ1v) is 7.30. The van der Waals surface area contributed by atoms with Gasteiger partial charge in [-0.25, -0.2) is 0 Å². The van der Waals surface area contributed by atoms with Crippen LogP contribution in [0, 0.1) is 11.8 Å². The number of ether oxygens (including phenoxy) is 1. The van der Waals surface area contributed by atoms with E-state index in [2.05, 4.69) is 19.2 Å². The van der Waals surface area contributed by atoms with Crippen molar-refractivity contribution in [2.45, 2.75) is 53.4 Å². The highest BCUT2D eigenvalue weighted by Crippen LogP contribution is 2.02. The van der Waals surface area contributed by atoms with Crippen LogP contribution in [0.5, 0.6) is 0 Å². The van der Waals surface area contributed by atoms with Crippen LogP contribution in [-0.2, 0) is 14.3 Å². The van der Waals surface area contributed by atoms with Gasteiger partial charge in [-0.2, -0.15) is 0 Å². The number of carbonyl (C=O) groups is 2. The molecule has 0 rings (SSSR count). The van der Waals surface area contributed by atoms with Crippen LogP contribution in [0.4, 0.5) is 0 Å². The van der Waals surface area contributed by atoms with Gasteiger partial charge in [-0.05, 0) is 18.8 Å². The lowest BCUT2D eigenvalue weighted by Crippen LogP contribution is -2.25. The van der Waals surface area contributed by atoms with Gasteiger partial charge >= 0.3 is 0 Å². The fourth-order valence-electron chi connectivity index (χ4n) is 1.55. The highest BCUT2D eigenvalue weighted by molar-refractivity contribution is 5.80. The van der Waals surface area contributed by atoms with E-state index in [1.807, 2.05) is 13.8 Å². The molecule has 0 bridgehead atoms. The molecule has 0 spiro atoms. The van der Waals surface area contributed by atoms with Crippen molar-refractivity contribution in [1.82, 2.24) is 5.32 Å². The molecule has 0 aromatic heterocycles. The zero-order valence-electron chi connectivity index (χ0n) is 12.8. The lowest BCUT2D eigenvalue weighted by Gasteiger charge is -2.08. The third-order valence-electron chi connectivity index (χ3n) is 2.89. The fraction of sp³-hybridized carbons (Fsp3) is 0.867. The van der Waals surface area contributed by atoms with Gasteiger partial charge in [0.25, 0.3) is 0 Å². The molecule has 1 amide bonds. The molecule has 19 heavy (non-hydrogen) atoms. The van der Waals surface area contributed by atoms with Crippen molar-refractivity contribution < 1.29 is 14.3 Å². The Balaban J connectivity index is 3.36. The lowest BCUT2D eigenvalue weighted by atomic mass is 10.1. The number of nitrogens with one attached hydrogen (secondary N) is 1. The van der Waals surface area contributed by atoms with Crippen LogP contribution in [0.2, 0.25) is 0 Å². The molecule has 0 saturated heterocycles. The van der Waals surface area contributed by atoms with Crippen LogP contribution < -0.4 is 5.32 Å². The first kappa shape index (κ1) is 18.1. The Morgan fingerprint density at radius 2 is 1.68 bits per heavy atom. The second kappa shape index (κ2) is 11.0. The molecule has 4 nitrogen and oxygen atoms in total. The highest BCUT2D eigenvalue weighted by Gasteiger charge is 2.07. The molecule has 0 fully saturated rings. The van der Waals surface area contributed by atoms with Gasteiger partial charge in [-0.15, -0.1) is 0 Å². The van der Waals surface area contributed by atoms with E-state index >= 15 is 0 Å². The predicted octanol–water partition coefficient (Wildman–Crippen LogP) is 2.56. The third-order valence-corrected chi connectivity index (χ3v) is 2.89. The van der Waals surface area contributed by atoms with Crippen LogP contribution in [-0.4, -0.2) is 31.4 Å². The summed E-state index contributed by atoms with van der Waals surface area (Å²) in [4.78, 5) is 22.7. The van der Waals surface area contributed by atoms with E-state index in [1.165, 1.54) is 0 Å². The van der Waals surface area contributed by atoms with Gasteiger partial charge < -0.3 is 10.1 Å². The molecular formula is C15H29NO3. The van der Waals surface area contributed by atoms with Gasteiger partial charge in [0.2, 0.25) is 5.91 Å². The monoisotopic (exact) mass is 271 g/mol. The molecule has 4 heteroatoms. The Hall–Kier alpha value is -0.900. The molecule has 0 aliphatic rings. The van der Waals surface area contributed by atoms with Crippen LogP contribution in [0.25, 0.3) is 0 Å². The van der Waals surface area contributed by atoms with Crippen molar-refractivity contribution in [3.8, 4) is 0 Å². The molecule has 0 aliphatic carbocycles. The van der Waals surface area contributed by atoms with Gasteiger partial charge in [-0.3, -0.25) is 9.59 Å². The Labute approximate surface area is 117 Å². The maximum atomic E-state index is 11.4. The summed E-state index contributed by atoms with van der Waals surface area (Å²) < 4.78 is 5.29. The molecule has 0 heterocycles. The van der Waals surface area contributed by atoms with Crippen LogP contribution >= 0.6 is 0 Å². The van der Waals surface area contributed by atoms with Crippen molar-refractivity contribution in [3.05, 3.63) is 0 Å². The normalized spacial score (nSPS) is 11.1. The summed E-state index contributed by atoms with van der Waals surface area (Å²) >= 11 is 0. The number of hydrogen-bond acceptors (Lipinski definition) is 3. The Morgan fingerprint density at radius 3 is 2.26 bits per heavy atom. The second-order valence-electron chi connectivity index (χ2n) is 5.62. The molecule has 0 unspecified atom stereocenters. The molecular weight excluding hydrogens is 242 g/mol. The molecule has 0 aliphatic heterocycles. The van der Waals surface area contributed by atoms with Crippen molar-refractivity contribution in [2.75, 3.05) is 19.8 Å². The van der Waals surface area contributed by atoms with Crippen molar-refractivity contribution in [2.24, 2.45) is 11.8 Å². The van der Waals surface area contributed by atoms with Crippen LogP contribution in [0.1, 0.15) is 53.4 Å². The number of Topliss-reactive ketones (excluding diaryl/α,β-unsaturated/α-hetero) is 1. The average Bonchev–Trinajstić information content (AvgIpc) is 2.33. The first-order valence-electron chi connectivity index (χ1n) is 7.30. The summed E-state index contributed by atoms with van der Waals surface area (Å²) in [5.74, 6) is 0.976. The minimum absolute atomic E-state index is 0.0268. The van der Waals surface area contributed by atoms with Crippen molar-refractivity contribution >= 4 is 11.7 Å². The summed E-state index contributed by atoms with van der Waals surface area (Å²) in [7, 11) is 0. The predicted molar refractivity (Wildman–Crippen MR) is 77.0 cm³/mol. The zero-order chi connectivity index (χ0) is 14.7.